The Bertz CT molecular complexity index is 639. The summed E-state index contributed by atoms with van der Waals surface area (Å²) in [5, 5.41) is 0. The van der Waals surface area contributed by atoms with E-state index in [0.717, 1.165) is 0 Å². The van der Waals surface area contributed by atoms with Gasteiger partial charge in [-0.2, -0.15) is 0 Å². The molecule has 1 saturated carbocycles. The number of ether oxygens (including phenoxy) is 1. The summed E-state index contributed by atoms with van der Waals surface area (Å²) in [4.78, 5) is 24.6. The highest BCUT2D eigenvalue weighted by atomic mass is 16.5. The zero-order valence-corrected chi connectivity index (χ0v) is 14.0. The molecule has 0 spiro atoms. The van der Waals surface area contributed by atoms with Crippen LogP contribution in [-0.4, -0.2) is 17.1 Å². The third-order valence-electron chi connectivity index (χ3n) is 5.38. The summed E-state index contributed by atoms with van der Waals surface area (Å²) < 4.78 is 6.91. The minimum Gasteiger partial charge on any atom is -0.462 e. The molecule has 0 aliphatic heterocycles. The summed E-state index contributed by atoms with van der Waals surface area (Å²) >= 11 is 0. The van der Waals surface area contributed by atoms with Crippen molar-refractivity contribution in [1.82, 2.24) is 4.57 Å². The average molecular weight is 291 g/mol. The quantitative estimate of drug-likeness (QED) is 0.803. The summed E-state index contributed by atoms with van der Waals surface area (Å²) in [6.07, 6.45) is 0. The van der Waals surface area contributed by atoms with Gasteiger partial charge < -0.3 is 9.30 Å². The summed E-state index contributed by atoms with van der Waals surface area (Å²) in [6, 6.07) is 1.65. The molecule has 116 valence electrons. The van der Waals surface area contributed by atoms with E-state index < -0.39 is 0 Å². The molecule has 2 rings (SSSR count). The maximum atomic E-state index is 12.5. The number of aromatic nitrogens is 1. The maximum absolute atomic E-state index is 12.5. The Kier molecular flexibility index (Phi) is 3.55. The van der Waals surface area contributed by atoms with Crippen molar-refractivity contribution in [2.24, 2.45) is 10.8 Å². The lowest BCUT2D eigenvalue weighted by Crippen LogP contribution is -2.27. The number of nitrogens with zero attached hydrogens (tertiary/aromatic N) is 1. The van der Waals surface area contributed by atoms with E-state index >= 15 is 0 Å². The molecule has 0 N–H and O–H groups in total. The molecule has 4 heteroatoms. The summed E-state index contributed by atoms with van der Waals surface area (Å²) in [7, 11) is 0. The Labute approximate surface area is 126 Å². The molecule has 0 atom stereocenters. The van der Waals surface area contributed by atoms with E-state index in [-0.39, 0.29) is 28.4 Å². The Morgan fingerprint density at radius 3 is 2.19 bits per heavy atom. The predicted molar refractivity (Wildman–Crippen MR) is 82.7 cm³/mol. The van der Waals surface area contributed by atoms with Crippen LogP contribution in [0.15, 0.2) is 10.9 Å². The fraction of sp³-hybridized carbons (Fsp3) is 0.647. The van der Waals surface area contributed by atoms with Gasteiger partial charge in [0.2, 0.25) is 0 Å². The van der Waals surface area contributed by atoms with Crippen molar-refractivity contribution in [1.29, 1.82) is 0 Å². The van der Waals surface area contributed by atoms with E-state index in [9.17, 15) is 9.59 Å². The fourth-order valence-corrected chi connectivity index (χ4v) is 3.54. The van der Waals surface area contributed by atoms with Gasteiger partial charge in [-0.15, -0.1) is 0 Å². The first-order chi connectivity index (χ1) is 9.57. The van der Waals surface area contributed by atoms with Crippen molar-refractivity contribution in [2.45, 2.75) is 54.5 Å². The standard InChI is InChI=1S/C17H25NO3/c1-8-21-14(20)13-10(2)9-12(19)18(11(13)3)15-16(4,5)17(15,6)7/h9,15H,8H2,1-7H3. The Morgan fingerprint density at radius 1 is 1.24 bits per heavy atom. The van der Waals surface area contributed by atoms with Gasteiger partial charge in [0.15, 0.2) is 0 Å². The van der Waals surface area contributed by atoms with E-state index in [2.05, 4.69) is 27.7 Å². The van der Waals surface area contributed by atoms with Gasteiger partial charge in [-0.05, 0) is 37.2 Å². The molecule has 0 unspecified atom stereocenters. The molecular formula is C17H25NO3. The van der Waals surface area contributed by atoms with Crippen LogP contribution in [0.25, 0.3) is 0 Å². The fourth-order valence-electron chi connectivity index (χ4n) is 3.54. The first-order valence-corrected chi connectivity index (χ1v) is 7.47. The summed E-state index contributed by atoms with van der Waals surface area (Å²) in [5.74, 6) is -0.350. The number of hydrogen-bond acceptors (Lipinski definition) is 3. The van der Waals surface area contributed by atoms with Gasteiger partial charge in [-0.25, -0.2) is 4.79 Å². The minimum atomic E-state index is -0.350. The van der Waals surface area contributed by atoms with Crippen molar-refractivity contribution < 1.29 is 9.53 Å². The lowest BCUT2D eigenvalue weighted by molar-refractivity contribution is 0.0523. The zero-order chi connectivity index (χ0) is 16.2. The third-order valence-corrected chi connectivity index (χ3v) is 5.38. The van der Waals surface area contributed by atoms with Gasteiger partial charge in [0.1, 0.15) is 0 Å². The average Bonchev–Trinajstić information content (AvgIpc) is 2.71. The first kappa shape index (κ1) is 15.8. The minimum absolute atomic E-state index is 0.0305. The lowest BCUT2D eigenvalue weighted by Gasteiger charge is -2.17. The molecule has 1 aliphatic rings. The number of pyridine rings is 1. The number of aryl methyl sites for hydroxylation is 1. The van der Waals surface area contributed by atoms with Crippen molar-refractivity contribution in [3.8, 4) is 0 Å². The van der Waals surface area contributed by atoms with Crippen LogP contribution in [0.4, 0.5) is 0 Å². The van der Waals surface area contributed by atoms with Gasteiger partial charge in [0.25, 0.3) is 5.56 Å². The Balaban J connectivity index is 2.62. The molecule has 0 radical (unpaired) electrons. The van der Waals surface area contributed by atoms with Crippen molar-refractivity contribution in [3.05, 3.63) is 33.2 Å². The molecule has 21 heavy (non-hydrogen) atoms. The number of carbonyl (C=O) groups excluding carboxylic acids is 1. The molecule has 1 heterocycles. The molecular weight excluding hydrogens is 266 g/mol. The normalized spacial score (nSPS) is 19.4. The van der Waals surface area contributed by atoms with Gasteiger partial charge in [-0.1, -0.05) is 27.7 Å². The topological polar surface area (TPSA) is 48.3 Å². The van der Waals surface area contributed by atoms with Gasteiger partial charge in [-0.3, -0.25) is 4.79 Å². The number of rotatable bonds is 3. The van der Waals surface area contributed by atoms with Crippen LogP contribution in [-0.2, 0) is 4.74 Å². The summed E-state index contributed by atoms with van der Waals surface area (Å²) in [6.45, 7) is 14.4. The van der Waals surface area contributed by atoms with Crippen LogP contribution in [0, 0.1) is 24.7 Å². The molecule has 1 aromatic rings. The molecule has 1 fully saturated rings. The highest BCUT2D eigenvalue weighted by Gasteiger charge is 2.66. The Morgan fingerprint density at radius 2 is 1.76 bits per heavy atom. The molecule has 0 saturated heterocycles. The largest absolute Gasteiger partial charge is 0.462 e. The van der Waals surface area contributed by atoms with Crippen LogP contribution in [0.2, 0.25) is 0 Å². The van der Waals surface area contributed by atoms with Gasteiger partial charge in [0.05, 0.1) is 12.2 Å². The van der Waals surface area contributed by atoms with Crippen molar-refractivity contribution >= 4 is 5.97 Å². The van der Waals surface area contributed by atoms with Crippen molar-refractivity contribution in [3.63, 3.8) is 0 Å². The molecule has 4 nitrogen and oxygen atoms in total. The summed E-state index contributed by atoms with van der Waals surface area (Å²) in [5.41, 5.74) is 1.94. The molecule has 0 aromatic carbocycles. The van der Waals surface area contributed by atoms with Crippen LogP contribution < -0.4 is 5.56 Å². The highest BCUT2D eigenvalue weighted by molar-refractivity contribution is 5.92. The Hall–Kier alpha value is -1.58. The van der Waals surface area contributed by atoms with Gasteiger partial charge >= 0.3 is 5.97 Å². The van der Waals surface area contributed by atoms with E-state index in [1.54, 1.807) is 24.5 Å². The smallest absolute Gasteiger partial charge is 0.340 e. The van der Waals surface area contributed by atoms with Crippen LogP contribution in [0.5, 0.6) is 0 Å². The van der Waals surface area contributed by atoms with Crippen LogP contribution in [0.3, 0.4) is 0 Å². The van der Waals surface area contributed by atoms with E-state index in [4.69, 9.17) is 4.74 Å². The van der Waals surface area contributed by atoms with Crippen LogP contribution in [0.1, 0.15) is 62.3 Å². The second kappa shape index (κ2) is 4.72. The second-order valence-corrected chi connectivity index (χ2v) is 7.06. The second-order valence-electron chi connectivity index (χ2n) is 7.06. The van der Waals surface area contributed by atoms with E-state index in [1.807, 2.05) is 6.92 Å². The zero-order valence-electron chi connectivity index (χ0n) is 14.0. The highest BCUT2D eigenvalue weighted by Crippen LogP contribution is 2.71. The SMILES string of the molecule is CCOC(=O)c1c(C)cc(=O)n(C2C(C)(C)C2(C)C)c1C. The van der Waals surface area contributed by atoms with Gasteiger partial charge in [0, 0.05) is 17.8 Å². The van der Waals surface area contributed by atoms with E-state index in [1.165, 1.54) is 0 Å². The molecule has 1 aliphatic carbocycles. The maximum Gasteiger partial charge on any atom is 0.340 e. The number of hydrogen-bond donors (Lipinski definition) is 0. The lowest BCUT2D eigenvalue weighted by atomic mass is 10.0. The van der Waals surface area contributed by atoms with Crippen molar-refractivity contribution in [2.75, 3.05) is 6.61 Å². The first-order valence-electron chi connectivity index (χ1n) is 7.47. The number of carbonyl (C=O) groups is 1. The molecule has 0 bridgehead atoms. The van der Waals surface area contributed by atoms with E-state index in [0.29, 0.717) is 23.4 Å². The number of esters is 1. The monoisotopic (exact) mass is 291 g/mol. The molecule has 0 amide bonds. The predicted octanol–water partition coefficient (Wildman–Crippen LogP) is 3.25. The third kappa shape index (κ3) is 2.12. The van der Waals surface area contributed by atoms with Crippen LogP contribution >= 0.6 is 0 Å². The molecule has 1 aromatic heterocycles.